The lowest BCUT2D eigenvalue weighted by Gasteiger charge is -1.97. The lowest BCUT2D eigenvalue weighted by atomic mass is 10.3. The predicted octanol–water partition coefficient (Wildman–Crippen LogP) is 1.64. The SMILES string of the molecule is S=c1[nH]ncn1CCc1cscn1. The van der Waals surface area contributed by atoms with Crippen LogP contribution < -0.4 is 0 Å². The fraction of sp³-hybridized carbons (Fsp3) is 0.286. The van der Waals surface area contributed by atoms with E-state index in [1.165, 1.54) is 0 Å². The van der Waals surface area contributed by atoms with Gasteiger partial charge in [0.15, 0.2) is 4.77 Å². The molecule has 0 aliphatic rings. The van der Waals surface area contributed by atoms with Crippen LogP contribution in [0.15, 0.2) is 17.2 Å². The third-order valence-electron chi connectivity index (χ3n) is 1.71. The van der Waals surface area contributed by atoms with E-state index in [4.69, 9.17) is 12.2 Å². The molecule has 6 heteroatoms. The molecule has 4 nitrogen and oxygen atoms in total. The zero-order valence-corrected chi connectivity index (χ0v) is 8.44. The molecule has 0 unspecified atom stereocenters. The van der Waals surface area contributed by atoms with Gasteiger partial charge in [0.1, 0.15) is 6.33 Å². The molecule has 2 heterocycles. The summed E-state index contributed by atoms with van der Waals surface area (Å²) < 4.78 is 2.56. The van der Waals surface area contributed by atoms with E-state index >= 15 is 0 Å². The van der Waals surface area contributed by atoms with Crippen LogP contribution in [0.4, 0.5) is 0 Å². The van der Waals surface area contributed by atoms with Crippen LogP contribution in [0.3, 0.4) is 0 Å². The van der Waals surface area contributed by atoms with Gasteiger partial charge < -0.3 is 4.57 Å². The van der Waals surface area contributed by atoms with E-state index in [1.54, 1.807) is 17.7 Å². The summed E-state index contributed by atoms with van der Waals surface area (Å²) in [4.78, 5) is 4.19. The molecule has 2 rings (SSSR count). The van der Waals surface area contributed by atoms with Gasteiger partial charge in [-0.15, -0.1) is 11.3 Å². The lowest BCUT2D eigenvalue weighted by Crippen LogP contribution is -2.00. The number of H-pyrrole nitrogens is 1. The van der Waals surface area contributed by atoms with Crippen molar-refractivity contribution in [2.24, 2.45) is 0 Å². The van der Waals surface area contributed by atoms with Gasteiger partial charge in [0, 0.05) is 18.3 Å². The van der Waals surface area contributed by atoms with Crippen molar-refractivity contribution in [3.63, 3.8) is 0 Å². The Labute approximate surface area is 84.3 Å². The number of hydrogen-bond acceptors (Lipinski definition) is 4. The van der Waals surface area contributed by atoms with E-state index in [-0.39, 0.29) is 0 Å². The van der Waals surface area contributed by atoms with E-state index in [0.29, 0.717) is 4.77 Å². The standard InChI is InChI=1S/C7H8N4S2/c12-7-10-9-4-11(7)2-1-6-3-13-5-8-6/h3-5H,1-2H2,(H,10,12). The quantitative estimate of drug-likeness (QED) is 0.787. The maximum Gasteiger partial charge on any atom is 0.194 e. The van der Waals surface area contributed by atoms with E-state index in [2.05, 4.69) is 15.2 Å². The molecule has 2 aromatic heterocycles. The Morgan fingerprint density at radius 1 is 1.62 bits per heavy atom. The molecule has 2 aromatic rings. The largest absolute Gasteiger partial charge is 0.306 e. The van der Waals surface area contributed by atoms with Crippen molar-refractivity contribution in [3.8, 4) is 0 Å². The van der Waals surface area contributed by atoms with E-state index in [1.807, 2.05) is 15.5 Å². The van der Waals surface area contributed by atoms with Crippen LogP contribution in [0.2, 0.25) is 0 Å². The van der Waals surface area contributed by atoms with Gasteiger partial charge in [0.25, 0.3) is 0 Å². The molecule has 0 saturated carbocycles. The molecule has 0 spiro atoms. The van der Waals surface area contributed by atoms with Gasteiger partial charge in [-0.25, -0.2) is 4.98 Å². The fourth-order valence-electron chi connectivity index (χ4n) is 1.03. The Bertz CT molecular complexity index is 414. The topological polar surface area (TPSA) is 46.5 Å². The molecular weight excluding hydrogens is 204 g/mol. The predicted molar refractivity (Wildman–Crippen MR) is 53.2 cm³/mol. The Kier molecular flexibility index (Phi) is 2.51. The molecular formula is C7H8N4S2. The number of thiazole rings is 1. The normalized spacial score (nSPS) is 10.5. The van der Waals surface area contributed by atoms with Crippen molar-refractivity contribution in [1.82, 2.24) is 19.7 Å². The van der Waals surface area contributed by atoms with Crippen LogP contribution in [0, 0.1) is 4.77 Å². The molecule has 0 radical (unpaired) electrons. The zero-order valence-electron chi connectivity index (χ0n) is 6.80. The minimum Gasteiger partial charge on any atom is -0.306 e. The lowest BCUT2D eigenvalue weighted by molar-refractivity contribution is 0.677. The van der Waals surface area contributed by atoms with Crippen molar-refractivity contribution in [2.45, 2.75) is 13.0 Å². The average molecular weight is 212 g/mol. The van der Waals surface area contributed by atoms with Gasteiger partial charge in [-0.3, -0.25) is 5.10 Å². The van der Waals surface area contributed by atoms with Gasteiger partial charge in [-0.05, 0) is 12.2 Å². The number of hydrogen-bond donors (Lipinski definition) is 1. The third-order valence-corrected chi connectivity index (χ3v) is 2.67. The minimum atomic E-state index is 0.662. The first-order valence-electron chi connectivity index (χ1n) is 3.83. The number of nitrogens with zero attached hydrogens (tertiary/aromatic N) is 3. The van der Waals surface area contributed by atoms with Crippen molar-refractivity contribution in [2.75, 3.05) is 0 Å². The average Bonchev–Trinajstić information content (AvgIpc) is 2.72. The molecule has 0 aliphatic heterocycles. The van der Waals surface area contributed by atoms with Crippen LogP contribution >= 0.6 is 23.6 Å². The van der Waals surface area contributed by atoms with Crippen LogP contribution in [0.25, 0.3) is 0 Å². The molecule has 0 atom stereocenters. The molecule has 0 fully saturated rings. The second kappa shape index (κ2) is 3.80. The van der Waals surface area contributed by atoms with Crippen LogP contribution in [-0.2, 0) is 13.0 Å². The number of aryl methyl sites for hydroxylation is 2. The Hall–Kier alpha value is -1.01. The molecule has 0 aliphatic carbocycles. The Morgan fingerprint density at radius 3 is 3.15 bits per heavy atom. The summed E-state index contributed by atoms with van der Waals surface area (Å²) >= 11 is 6.62. The summed E-state index contributed by atoms with van der Waals surface area (Å²) in [5.74, 6) is 0. The smallest absolute Gasteiger partial charge is 0.194 e. The molecule has 1 N–H and O–H groups in total. The van der Waals surface area contributed by atoms with E-state index < -0.39 is 0 Å². The second-order valence-corrected chi connectivity index (χ2v) is 3.69. The number of aromatic amines is 1. The van der Waals surface area contributed by atoms with Crippen molar-refractivity contribution >= 4 is 23.6 Å². The van der Waals surface area contributed by atoms with Crippen LogP contribution in [-0.4, -0.2) is 19.7 Å². The third kappa shape index (κ3) is 2.02. The number of aromatic nitrogens is 4. The molecule has 13 heavy (non-hydrogen) atoms. The first-order valence-corrected chi connectivity index (χ1v) is 5.18. The van der Waals surface area contributed by atoms with E-state index in [9.17, 15) is 0 Å². The maximum absolute atomic E-state index is 5.01. The van der Waals surface area contributed by atoms with Gasteiger partial charge >= 0.3 is 0 Å². The molecule has 68 valence electrons. The maximum atomic E-state index is 5.01. The molecule has 0 aromatic carbocycles. The monoisotopic (exact) mass is 212 g/mol. The summed E-state index contributed by atoms with van der Waals surface area (Å²) in [5.41, 5.74) is 2.94. The van der Waals surface area contributed by atoms with E-state index in [0.717, 1.165) is 18.7 Å². The van der Waals surface area contributed by atoms with Crippen LogP contribution in [0.1, 0.15) is 5.69 Å². The van der Waals surface area contributed by atoms with Gasteiger partial charge in [-0.2, -0.15) is 5.10 Å². The summed E-state index contributed by atoms with van der Waals surface area (Å²) in [6.45, 7) is 0.832. The van der Waals surface area contributed by atoms with Crippen molar-refractivity contribution < 1.29 is 0 Å². The highest BCUT2D eigenvalue weighted by Gasteiger charge is 1.97. The molecule has 0 amide bonds. The summed E-state index contributed by atoms with van der Waals surface area (Å²) in [5, 5.41) is 8.59. The zero-order chi connectivity index (χ0) is 9.10. The summed E-state index contributed by atoms with van der Waals surface area (Å²) in [6.07, 6.45) is 2.60. The first-order chi connectivity index (χ1) is 6.36. The Morgan fingerprint density at radius 2 is 2.54 bits per heavy atom. The highest BCUT2D eigenvalue weighted by Crippen LogP contribution is 2.03. The van der Waals surface area contributed by atoms with Gasteiger partial charge in [0.05, 0.1) is 11.2 Å². The first kappa shape index (κ1) is 8.58. The molecule has 0 bridgehead atoms. The minimum absolute atomic E-state index is 0.662. The highest BCUT2D eigenvalue weighted by atomic mass is 32.1. The van der Waals surface area contributed by atoms with Crippen molar-refractivity contribution in [1.29, 1.82) is 0 Å². The highest BCUT2D eigenvalue weighted by molar-refractivity contribution is 7.71. The summed E-state index contributed by atoms with van der Waals surface area (Å²) in [6, 6.07) is 0. The van der Waals surface area contributed by atoms with Crippen molar-refractivity contribution in [3.05, 3.63) is 27.7 Å². The van der Waals surface area contributed by atoms with Gasteiger partial charge in [-0.1, -0.05) is 0 Å². The molecule has 0 saturated heterocycles. The second-order valence-electron chi connectivity index (χ2n) is 2.58. The number of nitrogens with one attached hydrogen (secondary N) is 1. The summed E-state index contributed by atoms with van der Waals surface area (Å²) in [7, 11) is 0. The Balaban J connectivity index is 2.01. The number of rotatable bonds is 3. The van der Waals surface area contributed by atoms with Gasteiger partial charge in [0.2, 0.25) is 0 Å². The fourth-order valence-corrected chi connectivity index (χ4v) is 1.81. The van der Waals surface area contributed by atoms with Crippen LogP contribution in [0.5, 0.6) is 0 Å².